The number of pyridine rings is 1. The molecule has 1 amide bonds. The zero-order valence-corrected chi connectivity index (χ0v) is 14.2. The van der Waals surface area contributed by atoms with Crippen molar-refractivity contribution in [1.82, 2.24) is 14.8 Å². The Morgan fingerprint density at radius 3 is 2.79 bits per heavy atom. The van der Waals surface area contributed by atoms with E-state index in [-0.39, 0.29) is 11.7 Å². The van der Waals surface area contributed by atoms with Crippen LogP contribution in [-0.4, -0.2) is 20.7 Å². The predicted molar refractivity (Wildman–Crippen MR) is 92.0 cm³/mol. The van der Waals surface area contributed by atoms with E-state index < -0.39 is 11.7 Å². The molecule has 3 aromatic rings. The normalized spacial score (nSPS) is 11.2. The molecule has 7 heteroatoms. The minimum atomic E-state index is -0.548. The number of hydrogen-bond acceptors (Lipinski definition) is 3. The van der Waals surface area contributed by atoms with Crippen LogP contribution in [0.25, 0.3) is 11.0 Å². The first-order valence-corrected chi connectivity index (χ1v) is 7.86. The number of anilines is 1. The molecule has 0 fully saturated rings. The number of hydrogen-bond donors (Lipinski definition) is 1. The monoisotopic (exact) mass is 346 g/mol. The van der Waals surface area contributed by atoms with Crippen molar-refractivity contribution in [3.63, 3.8) is 0 Å². The maximum atomic E-state index is 13.8. The summed E-state index contributed by atoms with van der Waals surface area (Å²) in [5.74, 6) is -0.984. The molecule has 0 bridgehead atoms. The maximum Gasteiger partial charge on any atom is 0.256 e. The summed E-state index contributed by atoms with van der Waals surface area (Å²) in [6.45, 7) is 5.77. The molecule has 3 rings (SSSR count). The zero-order valence-electron chi connectivity index (χ0n) is 13.5. The van der Waals surface area contributed by atoms with Crippen molar-refractivity contribution in [3.8, 4) is 0 Å². The number of nitrogens with one attached hydrogen (secondary N) is 1. The van der Waals surface area contributed by atoms with Gasteiger partial charge in [0.1, 0.15) is 5.82 Å². The lowest BCUT2D eigenvalue weighted by Gasteiger charge is -2.10. The van der Waals surface area contributed by atoms with Gasteiger partial charge in [-0.25, -0.2) is 14.1 Å². The Morgan fingerprint density at radius 2 is 2.08 bits per heavy atom. The topological polar surface area (TPSA) is 59.8 Å². The number of aryl methyl sites for hydroxylation is 1. The van der Waals surface area contributed by atoms with E-state index in [1.54, 1.807) is 23.9 Å². The van der Waals surface area contributed by atoms with Crippen molar-refractivity contribution in [2.24, 2.45) is 0 Å². The van der Waals surface area contributed by atoms with Crippen molar-refractivity contribution in [2.45, 2.75) is 26.8 Å². The molecule has 0 atom stereocenters. The largest absolute Gasteiger partial charge is 0.319 e. The highest BCUT2D eigenvalue weighted by molar-refractivity contribution is 6.31. The molecule has 24 heavy (non-hydrogen) atoms. The van der Waals surface area contributed by atoms with Gasteiger partial charge in [0.05, 0.1) is 22.8 Å². The second-order valence-electron chi connectivity index (χ2n) is 5.81. The molecule has 0 aliphatic rings. The summed E-state index contributed by atoms with van der Waals surface area (Å²) in [6, 6.07) is 5.78. The predicted octanol–water partition coefficient (Wildman–Crippen LogP) is 4.37. The maximum absolute atomic E-state index is 13.8. The van der Waals surface area contributed by atoms with Gasteiger partial charge in [-0.15, -0.1) is 0 Å². The van der Waals surface area contributed by atoms with Crippen molar-refractivity contribution in [3.05, 3.63) is 52.6 Å². The fourth-order valence-corrected chi connectivity index (χ4v) is 2.66. The smallest absolute Gasteiger partial charge is 0.256 e. The molecule has 5 nitrogen and oxygen atoms in total. The lowest BCUT2D eigenvalue weighted by molar-refractivity contribution is 0.102. The summed E-state index contributed by atoms with van der Waals surface area (Å²) in [5.41, 5.74) is 1.73. The first-order chi connectivity index (χ1) is 11.4. The molecule has 0 aliphatic heterocycles. The summed E-state index contributed by atoms with van der Waals surface area (Å²) in [6.07, 6.45) is 1.60. The molecule has 1 aromatic carbocycles. The van der Waals surface area contributed by atoms with Gasteiger partial charge in [0, 0.05) is 16.8 Å². The van der Waals surface area contributed by atoms with Gasteiger partial charge in [-0.05, 0) is 45.0 Å². The number of benzene rings is 1. The standard InChI is InChI=1S/C17H16ClFN4O/c1-9(2)23-16-13(8-20-23)12(6-10(3)21-16)17(24)22-15-7-11(18)4-5-14(15)19/h4-9H,1-3H3,(H,22,24). The number of fused-ring (bicyclic) bond motifs is 1. The Hall–Kier alpha value is -2.47. The van der Waals surface area contributed by atoms with E-state index in [1.807, 2.05) is 13.8 Å². The minimum Gasteiger partial charge on any atom is -0.319 e. The van der Waals surface area contributed by atoms with Gasteiger partial charge < -0.3 is 5.32 Å². The third kappa shape index (κ3) is 2.97. The van der Waals surface area contributed by atoms with E-state index >= 15 is 0 Å². The van der Waals surface area contributed by atoms with E-state index in [1.165, 1.54) is 18.2 Å². The number of aromatic nitrogens is 3. The Balaban J connectivity index is 2.05. The SMILES string of the molecule is Cc1cc(C(=O)Nc2cc(Cl)ccc2F)c2cnn(C(C)C)c2n1. The average Bonchev–Trinajstić information content (AvgIpc) is 2.93. The summed E-state index contributed by atoms with van der Waals surface area (Å²) < 4.78 is 15.6. The van der Waals surface area contributed by atoms with Crippen LogP contribution in [0.5, 0.6) is 0 Å². The number of amides is 1. The summed E-state index contributed by atoms with van der Waals surface area (Å²) in [5, 5.41) is 7.82. The van der Waals surface area contributed by atoms with Crippen molar-refractivity contribution >= 4 is 34.2 Å². The van der Waals surface area contributed by atoms with Gasteiger partial charge in [-0.3, -0.25) is 4.79 Å². The fraction of sp³-hybridized carbons (Fsp3) is 0.235. The van der Waals surface area contributed by atoms with Crippen molar-refractivity contribution in [2.75, 3.05) is 5.32 Å². The Labute approximate surface area is 143 Å². The van der Waals surface area contributed by atoms with Gasteiger partial charge in [0.25, 0.3) is 5.91 Å². The van der Waals surface area contributed by atoms with Crippen LogP contribution in [0, 0.1) is 12.7 Å². The quantitative estimate of drug-likeness (QED) is 0.766. The number of halogens is 2. The molecule has 0 unspecified atom stereocenters. The fourth-order valence-electron chi connectivity index (χ4n) is 2.49. The Morgan fingerprint density at radius 1 is 1.33 bits per heavy atom. The first kappa shape index (κ1) is 16.4. The molecule has 0 saturated carbocycles. The highest BCUT2D eigenvalue weighted by Crippen LogP contribution is 2.24. The third-order valence-electron chi connectivity index (χ3n) is 3.61. The molecular formula is C17H16ClFN4O. The van der Waals surface area contributed by atoms with Crippen LogP contribution in [0.3, 0.4) is 0 Å². The van der Waals surface area contributed by atoms with E-state index in [9.17, 15) is 9.18 Å². The third-order valence-corrected chi connectivity index (χ3v) is 3.84. The number of nitrogens with zero attached hydrogens (tertiary/aromatic N) is 3. The van der Waals surface area contributed by atoms with E-state index in [0.29, 0.717) is 27.3 Å². The van der Waals surface area contributed by atoms with Gasteiger partial charge in [-0.1, -0.05) is 11.6 Å². The van der Waals surface area contributed by atoms with E-state index in [2.05, 4.69) is 15.4 Å². The molecule has 2 heterocycles. The Bertz CT molecular complexity index is 936. The van der Waals surface area contributed by atoms with Gasteiger partial charge in [0.2, 0.25) is 0 Å². The zero-order chi connectivity index (χ0) is 17.4. The molecule has 0 saturated heterocycles. The first-order valence-electron chi connectivity index (χ1n) is 7.48. The number of carbonyl (C=O) groups is 1. The summed E-state index contributed by atoms with van der Waals surface area (Å²) >= 11 is 5.86. The molecule has 0 aliphatic carbocycles. The van der Waals surface area contributed by atoms with Crippen LogP contribution in [-0.2, 0) is 0 Å². The summed E-state index contributed by atoms with van der Waals surface area (Å²) in [7, 11) is 0. The van der Waals surface area contributed by atoms with Crippen molar-refractivity contribution in [1.29, 1.82) is 0 Å². The van der Waals surface area contributed by atoms with Gasteiger partial charge >= 0.3 is 0 Å². The van der Waals surface area contributed by atoms with Crippen LogP contribution in [0.1, 0.15) is 35.9 Å². The van der Waals surface area contributed by atoms with Gasteiger partial charge in [0.15, 0.2) is 5.65 Å². The van der Waals surface area contributed by atoms with Gasteiger partial charge in [-0.2, -0.15) is 5.10 Å². The molecule has 124 valence electrons. The highest BCUT2D eigenvalue weighted by atomic mass is 35.5. The lowest BCUT2D eigenvalue weighted by Crippen LogP contribution is -2.14. The second kappa shape index (κ2) is 6.20. The molecule has 2 aromatic heterocycles. The van der Waals surface area contributed by atoms with Crippen LogP contribution in [0.2, 0.25) is 5.02 Å². The Kier molecular flexibility index (Phi) is 4.24. The average molecular weight is 347 g/mol. The number of rotatable bonds is 3. The van der Waals surface area contributed by atoms with Crippen LogP contribution >= 0.6 is 11.6 Å². The number of carbonyl (C=O) groups excluding carboxylic acids is 1. The molecule has 0 spiro atoms. The molecule has 1 N–H and O–H groups in total. The van der Waals surface area contributed by atoms with Crippen LogP contribution < -0.4 is 5.32 Å². The lowest BCUT2D eigenvalue weighted by atomic mass is 10.1. The minimum absolute atomic E-state index is 0.0337. The molecule has 0 radical (unpaired) electrons. The van der Waals surface area contributed by atoms with Crippen LogP contribution in [0.4, 0.5) is 10.1 Å². The highest BCUT2D eigenvalue weighted by Gasteiger charge is 2.18. The van der Waals surface area contributed by atoms with Crippen LogP contribution in [0.15, 0.2) is 30.5 Å². The molecular weight excluding hydrogens is 331 g/mol. The second-order valence-corrected chi connectivity index (χ2v) is 6.25. The van der Waals surface area contributed by atoms with Crippen molar-refractivity contribution < 1.29 is 9.18 Å². The van der Waals surface area contributed by atoms with E-state index in [4.69, 9.17) is 11.6 Å². The summed E-state index contributed by atoms with van der Waals surface area (Å²) in [4.78, 5) is 17.1. The van der Waals surface area contributed by atoms with E-state index in [0.717, 1.165) is 0 Å².